The fraction of sp³-hybridized carbons (Fsp3) is 0.500. The van der Waals surface area contributed by atoms with Crippen molar-refractivity contribution in [1.29, 1.82) is 0 Å². The third-order valence-corrected chi connectivity index (χ3v) is 2.33. The third-order valence-electron chi connectivity index (χ3n) is 2.33. The maximum Gasteiger partial charge on any atom is 0.112 e. The number of aromatic nitrogens is 1. The second-order valence-corrected chi connectivity index (χ2v) is 3.28. The Kier molecular flexibility index (Phi) is 2.96. The molecule has 0 amide bonds. The van der Waals surface area contributed by atoms with E-state index in [-0.39, 0.29) is 6.10 Å². The van der Waals surface area contributed by atoms with E-state index in [1.54, 1.807) is 6.20 Å². The van der Waals surface area contributed by atoms with Crippen LogP contribution in [0.4, 0.5) is 5.69 Å². The molecule has 1 fully saturated rings. The average Bonchev–Trinajstić information content (AvgIpc) is 2.30. The van der Waals surface area contributed by atoms with Crippen LogP contribution in [-0.4, -0.2) is 31.7 Å². The number of hydrogen-bond donors (Lipinski definition) is 2. The van der Waals surface area contributed by atoms with Gasteiger partial charge in [0.1, 0.15) is 6.10 Å². The van der Waals surface area contributed by atoms with Gasteiger partial charge in [0.25, 0.3) is 0 Å². The average molecular weight is 193 g/mol. The third kappa shape index (κ3) is 2.02. The van der Waals surface area contributed by atoms with Crippen LogP contribution in [0.15, 0.2) is 18.3 Å². The number of ether oxygens (including phenoxy) is 1. The van der Waals surface area contributed by atoms with Crippen molar-refractivity contribution in [2.45, 2.75) is 6.10 Å². The van der Waals surface area contributed by atoms with Crippen molar-refractivity contribution in [2.75, 3.05) is 32.1 Å². The van der Waals surface area contributed by atoms with E-state index in [0.29, 0.717) is 0 Å². The smallest absolute Gasteiger partial charge is 0.112 e. The number of anilines is 1. The highest BCUT2D eigenvalue weighted by molar-refractivity contribution is 5.42. The highest BCUT2D eigenvalue weighted by Gasteiger charge is 2.16. The molecule has 4 nitrogen and oxygen atoms in total. The summed E-state index contributed by atoms with van der Waals surface area (Å²) in [5.41, 5.74) is 2.06. The SMILES string of the molecule is CNc1ccnc(C2CNCCO2)c1. The van der Waals surface area contributed by atoms with Crippen LogP contribution in [0.3, 0.4) is 0 Å². The Morgan fingerprint density at radius 3 is 3.29 bits per heavy atom. The first-order chi connectivity index (χ1) is 6.90. The summed E-state index contributed by atoms with van der Waals surface area (Å²) in [6.07, 6.45) is 1.90. The first-order valence-electron chi connectivity index (χ1n) is 4.86. The van der Waals surface area contributed by atoms with Gasteiger partial charge in [0.2, 0.25) is 0 Å². The van der Waals surface area contributed by atoms with Gasteiger partial charge < -0.3 is 15.4 Å². The van der Waals surface area contributed by atoms with Crippen molar-refractivity contribution in [3.8, 4) is 0 Å². The van der Waals surface area contributed by atoms with Crippen LogP contribution in [0, 0.1) is 0 Å². The molecule has 1 aliphatic heterocycles. The zero-order chi connectivity index (χ0) is 9.80. The van der Waals surface area contributed by atoms with Crippen LogP contribution in [0.1, 0.15) is 11.8 Å². The quantitative estimate of drug-likeness (QED) is 0.728. The molecule has 0 saturated carbocycles. The number of nitrogens with zero attached hydrogens (tertiary/aromatic N) is 1. The number of pyridine rings is 1. The standard InChI is InChI=1S/C10H15N3O/c1-11-8-2-3-13-9(6-8)10-7-12-4-5-14-10/h2-3,6,10,12H,4-5,7H2,1H3,(H,11,13). The predicted molar refractivity (Wildman–Crippen MR) is 55.3 cm³/mol. The van der Waals surface area contributed by atoms with Crippen LogP contribution < -0.4 is 10.6 Å². The van der Waals surface area contributed by atoms with E-state index in [9.17, 15) is 0 Å². The summed E-state index contributed by atoms with van der Waals surface area (Å²) in [4.78, 5) is 4.31. The molecule has 0 spiro atoms. The molecule has 2 N–H and O–H groups in total. The lowest BCUT2D eigenvalue weighted by Crippen LogP contribution is -2.33. The number of nitrogens with one attached hydrogen (secondary N) is 2. The van der Waals surface area contributed by atoms with Gasteiger partial charge in [-0.3, -0.25) is 4.98 Å². The second-order valence-electron chi connectivity index (χ2n) is 3.28. The minimum Gasteiger partial charge on any atom is -0.388 e. The maximum absolute atomic E-state index is 5.61. The Bertz CT molecular complexity index is 297. The van der Waals surface area contributed by atoms with Crippen LogP contribution in [0.5, 0.6) is 0 Å². The van der Waals surface area contributed by atoms with Crippen molar-refractivity contribution < 1.29 is 4.74 Å². The van der Waals surface area contributed by atoms with Crippen molar-refractivity contribution in [3.63, 3.8) is 0 Å². The summed E-state index contributed by atoms with van der Waals surface area (Å²) in [6, 6.07) is 3.97. The summed E-state index contributed by atoms with van der Waals surface area (Å²) in [5.74, 6) is 0. The molecule has 1 unspecified atom stereocenters. The molecule has 1 aromatic rings. The maximum atomic E-state index is 5.61. The van der Waals surface area contributed by atoms with Gasteiger partial charge in [-0.25, -0.2) is 0 Å². The molecule has 1 aromatic heterocycles. The van der Waals surface area contributed by atoms with E-state index >= 15 is 0 Å². The van der Waals surface area contributed by atoms with Crippen molar-refractivity contribution in [1.82, 2.24) is 10.3 Å². The summed E-state index contributed by atoms with van der Waals surface area (Å²) < 4.78 is 5.61. The van der Waals surface area contributed by atoms with Crippen LogP contribution in [-0.2, 0) is 4.74 Å². The van der Waals surface area contributed by atoms with Crippen molar-refractivity contribution in [3.05, 3.63) is 24.0 Å². The monoisotopic (exact) mass is 193 g/mol. The van der Waals surface area contributed by atoms with Crippen molar-refractivity contribution >= 4 is 5.69 Å². The number of rotatable bonds is 2. The molecule has 1 aliphatic rings. The molecule has 2 rings (SSSR count). The van der Waals surface area contributed by atoms with Crippen LogP contribution in [0.25, 0.3) is 0 Å². The van der Waals surface area contributed by atoms with Crippen LogP contribution >= 0.6 is 0 Å². The Morgan fingerprint density at radius 2 is 2.57 bits per heavy atom. The first kappa shape index (κ1) is 9.43. The molecule has 4 heteroatoms. The molecule has 0 aliphatic carbocycles. The molecule has 1 saturated heterocycles. The van der Waals surface area contributed by atoms with E-state index in [2.05, 4.69) is 15.6 Å². The van der Waals surface area contributed by atoms with Gasteiger partial charge in [-0.05, 0) is 12.1 Å². The molecule has 0 aromatic carbocycles. The van der Waals surface area contributed by atoms with E-state index in [4.69, 9.17) is 4.74 Å². The van der Waals surface area contributed by atoms with Gasteiger partial charge in [0.15, 0.2) is 0 Å². The van der Waals surface area contributed by atoms with Gasteiger partial charge in [0, 0.05) is 32.0 Å². The highest BCUT2D eigenvalue weighted by Crippen LogP contribution is 2.18. The van der Waals surface area contributed by atoms with E-state index in [1.807, 2.05) is 19.2 Å². The molecular weight excluding hydrogens is 178 g/mol. The molecule has 76 valence electrons. The number of morpholine rings is 1. The topological polar surface area (TPSA) is 46.2 Å². The van der Waals surface area contributed by atoms with Gasteiger partial charge in [0.05, 0.1) is 12.3 Å². The fourth-order valence-corrected chi connectivity index (χ4v) is 1.54. The van der Waals surface area contributed by atoms with E-state index < -0.39 is 0 Å². The Balaban J connectivity index is 2.13. The largest absolute Gasteiger partial charge is 0.388 e. The summed E-state index contributed by atoms with van der Waals surface area (Å²) in [6.45, 7) is 2.54. The lowest BCUT2D eigenvalue weighted by Gasteiger charge is -2.23. The molecule has 0 radical (unpaired) electrons. The lowest BCUT2D eigenvalue weighted by molar-refractivity contribution is 0.0251. The summed E-state index contributed by atoms with van der Waals surface area (Å²) >= 11 is 0. The lowest BCUT2D eigenvalue weighted by atomic mass is 10.2. The first-order valence-corrected chi connectivity index (χ1v) is 4.86. The summed E-state index contributed by atoms with van der Waals surface area (Å²) in [7, 11) is 1.90. The van der Waals surface area contributed by atoms with E-state index in [1.165, 1.54) is 0 Å². The molecule has 14 heavy (non-hydrogen) atoms. The van der Waals surface area contributed by atoms with Crippen LogP contribution in [0.2, 0.25) is 0 Å². The predicted octanol–water partition coefficient (Wildman–Crippen LogP) is 0.784. The van der Waals surface area contributed by atoms with Gasteiger partial charge >= 0.3 is 0 Å². The minimum atomic E-state index is 0.0945. The zero-order valence-corrected chi connectivity index (χ0v) is 8.29. The molecule has 1 atom stereocenters. The Hall–Kier alpha value is -1.13. The number of hydrogen-bond acceptors (Lipinski definition) is 4. The molecule has 0 bridgehead atoms. The van der Waals surface area contributed by atoms with Crippen molar-refractivity contribution in [2.24, 2.45) is 0 Å². The van der Waals surface area contributed by atoms with Gasteiger partial charge in [-0.1, -0.05) is 0 Å². The van der Waals surface area contributed by atoms with Gasteiger partial charge in [-0.15, -0.1) is 0 Å². The Morgan fingerprint density at radius 1 is 1.64 bits per heavy atom. The fourth-order valence-electron chi connectivity index (χ4n) is 1.54. The van der Waals surface area contributed by atoms with Gasteiger partial charge in [-0.2, -0.15) is 0 Å². The molecular formula is C10H15N3O. The van der Waals surface area contributed by atoms with E-state index in [0.717, 1.165) is 31.1 Å². The minimum absolute atomic E-state index is 0.0945. The Labute approximate surface area is 83.7 Å². The zero-order valence-electron chi connectivity index (χ0n) is 8.29. The second kappa shape index (κ2) is 4.39. The highest BCUT2D eigenvalue weighted by atomic mass is 16.5. The molecule has 2 heterocycles. The normalized spacial score (nSPS) is 21.9. The summed E-state index contributed by atoms with van der Waals surface area (Å²) in [5, 5.41) is 6.38.